The van der Waals surface area contributed by atoms with Crippen LogP contribution in [0.1, 0.15) is 23.5 Å². The van der Waals surface area contributed by atoms with Crippen LogP contribution in [0, 0.1) is 0 Å². The number of fused-ring (bicyclic) bond motifs is 1. The molecule has 3 heterocycles. The summed E-state index contributed by atoms with van der Waals surface area (Å²) in [6.45, 7) is 3.12. The highest BCUT2D eigenvalue weighted by Gasteiger charge is 2.49. The van der Waals surface area contributed by atoms with Gasteiger partial charge in [-0.15, -0.1) is 5.10 Å². The van der Waals surface area contributed by atoms with E-state index < -0.39 is 5.97 Å². The molecule has 1 aromatic heterocycles. The Kier molecular flexibility index (Phi) is 4.44. The minimum absolute atomic E-state index is 0.131. The van der Waals surface area contributed by atoms with E-state index in [9.17, 15) is 9.59 Å². The fourth-order valence-electron chi connectivity index (χ4n) is 2.85. The predicted octanol–water partition coefficient (Wildman–Crippen LogP) is -0.909. The molecule has 126 valence electrons. The van der Waals surface area contributed by atoms with E-state index in [2.05, 4.69) is 25.7 Å². The molecule has 2 amide bonds. The number of esters is 1. The molecular weight excluding hydrogens is 306 g/mol. The predicted molar refractivity (Wildman–Crippen MR) is 75.9 cm³/mol. The van der Waals surface area contributed by atoms with Gasteiger partial charge in [0, 0.05) is 6.54 Å². The van der Waals surface area contributed by atoms with Crippen LogP contribution in [0.5, 0.6) is 0 Å². The monoisotopic (exact) mass is 325 g/mol. The van der Waals surface area contributed by atoms with E-state index in [1.807, 2.05) is 6.92 Å². The summed E-state index contributed by atoms with van der Waals surface area (Å²) < 4.78 is 17.7. The summed E-state index contributed by atoms with van der Waals surface area (Å²) in [6, 6.07) is -0.672. The summed E-state index contributed by atoms with van der Waals surface area (Å²) in [6.07, 6.45) is 0.998. The summed E-state index contributed by atoms with van der Waals surface area (Å²) in [4.78, 5) is 23.1. The minimum Gasteiger partial charge on any atom is -0.464 e. The van der Waals surface area contributed by atoms with Gasteiger partial charge < -0.3 is 24.8 Å². The maximum absolute atomic E-state index is 11.6. The molecule has 4 atom stereocenters. The Morgan fingerprint density at radius 3 is 2.91 bits per heavy atom. The van der Waals surface area contributed by atoms with Gasteiger partial charge >= 0.3 is 12.0 Å². The molecule has 0 unspecified atom stereocenters. The van der Waals surface area contributed by atoms with Crippen molar-refractivity contribution in [2.45, 2.75) is 31.2 Å². The van der Waals surface area contributed by atoms with Crippen LogP contribution < -0.4 is 10.6 Å². The molecule has 2 aliphatic rings. The third-order valence-electron chi connectivity index (χ3n) is 3.93. The maximum Gasteiger partial charge on any atom is 0.360 e. The molecule has 2 aliphatic heterocycles. The quantitative estimate of drug-likeness (QED) is 0.688. The highest BCUT2D eigenvalue weighted by Crippen LogP contribution is 2.33. The second-order valence-corrected chi connectivity index (χ2v) is 5.35. The average molecular weight is 325 g/mol. The lowest BCUT2D eigenvalue weighted by Gasteiger charge is -2.17. The van der Waals surface area contributed by atoms with Crippen molar-refractivity contribution in [2.24, 2.45) is 0 Å². The topological polar surface area (TPSA) is 117 Å². The zero-order chi connectivity index (χ0) is 16.4. The van der Waals surface area contributed by atoms with Gasteiger partial charge in [0.05, 0.1) is 32.6 Å². The summed E-state index contributed by atoms with van der Waals surface area (Å²) in [5.74, 6) is -0.546. The third kappa shape index (κ3) is 2.99. The number of ether oxygens (including phenoxy) is 3. The number of amides is 2. The molecular formula is C13H19N5O5. The highest BCUT2D eigenvalue weighted by atomic mass is 16.6. The van der Waals surface area contributed by atoms with E-state index in [1.54, 1.807) is 4.68 Å². The minimum atomic E-state index is -0.546. The standard InChI is InChI=1S/C13H19N5O5/c1-3-14-13(20)15-8-5-22-11-9(6-23-10(8)11)18-4-7(16-17-18)12(19)21-2/h4,8-11H,3,5-6H2,1-2H3,(H2,14,15,20)/t8-,9-,10+,11+/m0/s1. The fourth-order valence-corrected chi connectivity index (χ4v) is 2.85. The third-order valence-corrected chi connectivity index (χ3v) is 3.93. The Labute approximate surface area is 132 Å². The Morgan fingerprint density at radius 2 is 2.17 bits per heavy atom. The lowest BCUT2D eigenvalue weighted by molar-refractivity contribution is 0.0592. The van der Waals surface area contributed by atoms with Gasteiger partial charge in [0.2, 0.25) is 0 Å². The normalized spacial score (nSPS) is 29.1. The van der Waals surface area contributed by atoms with Crippen LogP contribution in [-0.4, -0.2) is 72.1 Å². The van der Waals surface area contributed by atoms with E-state index in [4.69, 9.17) is 9.47 Å². The molecule has 2 saturated heterocycles. The van der Waals surface area contributed by atoms with Crippen molar-refractivity contribution in [3.63, 3.8) is 0 Å². The van der Waals surface area contributed by atoms with Gasteiger partial charge in [-0.25, -0.2) is 14.3 Å². The summed E-state index contributed by atoms with van der Waals surface area (Å²) in [7, 11) is 1.29. The van der Waals surface area contributed by atoms with Crippen molar-refractivity contribution in [3.05, 3.63) is 11.9 Å². The van der Waals surface area contributed by atoms with Gasteiger partial charge in [-0.2, -0.15) is 0 Å². The van der Waals surface area contributed by atoms with E-state index in [0.29, 0.717) is 19.8 Å². The summed E-state index contributed by atoms with van der Waals surface area (Å²) in [5.41, 5.74) is 0.131. The van der Waals surface area contributed by atoms with Gasteiger partial charge in [0.1, 0.15) is 18.2 Å². The molecule has 0 radical (unpaired) electrons. The molecule has 3 rings (SSSR count). The molecule has 0 bridgehead atoms. The first-order valence-corrected chi connectivity index (χ1v) is 7.41. The molecule has 0 aromatic carbocycles. The Bertz CT molecular complexity index is 591. The Morgan fingerprint density at radius 1 is 1.39 bits per heavy atom. The number of aromatic nitrogens is 3. The van der Waals surface area contributed by atoms with Gasteiger partial charge in [0.15, 0.2) is 5.69 Å². The maximum atomic E-state index is 11.6. The van der Waals surface area contributed by atoms with Crippen LogP contribution in [0.25, 0.3) is 0 Å². The fraction of sp³-hybridized carbons (Fsp3) is 0.692. The number of hydrogen-bond acceptors (Lipinski definition) is 7. The Hall–Kier alpha value is -2.20. The van der Waals surface area contributed by atoms with E-state index in [0.717, 1.165) is 0 Å². The second-order valence-electron chi connectivity index (χ2n) is 5.35. The van der Waals surface area contributed by atoms with Crippen molar-refractivity contribution in [1.29, 1.82) is 0 Å². The summed E-state index contributed by atoms with van der Waals surface area (Å²) in [5, 5.41) is 13.2. The molecule has 10 nitrogen and oxygen atoms in total. The number of urea groups is 1. The van der Waals surface area contributed by atoms with Crippen LogP contribution in [-0.2, 0) is 14.2 Å². The van der Waals surface area contributed by atoms with Crippen LogP contribution >= 0.6 is 0 Å². The van der Waals surface area contributed by atoms with Crippen molar-refractivity contribution in [2.75, 3.05) is 26.9 Å². The van der Waals surface area contributed by atoms with Crippen molar-refractivity contribution < 1.29 is 23.8 Å². The van der Waals surface area contributed by atoms with E-state index in [1.165, 1.54) is 13.3 Å². The lowest BCUT2D eigenvalue weighted by Crippen LogP contribution is -2.48. The van der Waals surface area contributed by atoms with E-state index >= 15 is 0 Å². The van der Waals surface area contributed by atoms with Gasteiger partial charge in [0.25, 0.3) is 0 Å². The average Bonchev–Trinajstić information content (AvgIpc) is 3.23. The molecule has 2 N–H and O–H groups in total. The van der Waals surface area contributed by atoms with Crippen LogP contribution in [0.4, 0.5) is 4.79 Å². The molecule has 23 heavy (non-hydrogen) atoms. The number of carbonyl (C=O) groups excluding carboxylic acids is 2. The van der Waals surface area contributed by atoms with Gasteiger partial charge in [-0.05, 0) is 6.92 Å². The van der Waals surface area contributed by atoms with Crippen molar-refractivity contribution >= 4 is 12.0 Å². The lowest BCUT2D eigenvalue weighted by atomic mass is 10.1. The number of nitrogens with one attached hydrogen (secondary N) is 2. The molecule has 2 fully saturated rings. The van der Waals surface area contributed by atoms with E-state index in [-0.39, 0.29) is 36.0 Å². The zero-order valence-electron chi connectivity index (χ0n) is 12.9. The molecule has 0 saturated carbocycles. The van der Waals surface area contributed by atoms with Crippen molar-refractivity contribution in [1.82, 2.24) is 25.6 Å². The largest absolute Gasteiger partial charge is 0.464 e. The smallest absolute Gasteiger partial charge is 0.360 e. The number of hydrogen-bond donors (Lipinski definition) is 2. The molecule has 1 aromatic rings. The van der Waals surface area contributed by atoms with Crippen LogP contribution in [0.2, 0.25) is 0 Å². The highest BCUT2D eigenvalue weighted by molar-refractivity contribution is 5.86. The first kappa shape index (κ1) is 15.7. The number of rotatable bonds is 4. The Balaban J connectivity index is 1.66. The summed E-state index contributed by atoms with van der Waals surface area (Å²) >= 11 is 0. The number of nitrogens with zero attached hydrogens (tertiary/aromatic N) is 3. The molecule has 0 spiro atoms. The van der Waals surface area contributed by atoms with Gasteiger partial charge in [-0.1, -0.05) is 5.21 Å². The first-order chi connectivity index (χ1) is 11.1. The SMILES string of the molecule is CCNC(=O)N[C@H]1CO[C@H]2[C@@H]1OC[C@@H]2n1cc(C(=O)OC)nn1. The van der Waals surface area contributed by atoms with Crippen molar-refractivity contribution in [3.8, 4) is 0 Å². The molecule has 0 aliphatic carbocycles. The second kappa shape index (κ2) is 6.50. The zero-order valence-corrected chi connectivity index (χ0v) is 12.9. The number of carbonyl (C=O) groups is 2. The van der Waals surface area contributed by atoms with Gasteiger partial charge in [-0.3, -0.25) is 0 Å². The van der Waals surface area contributed by atoms with Crippen LogP contribution in [0.3, 0.4) is 0 Å². The number of methoxy groups -OCH3 is 1. The first-order valence-electron chi connectivity index (χ1n) is 7.41. The van der Waals surface area contributed by atoms with Crippen LogP contribution in [0.15, 0.2) is 6.20 Å². The molecule has 10 heteroatoms.